The van der Waals surface area contributed by atoms with E-state index in [0.29, 0.717) is 0 Å². The maximum Gasteiger partial charge on any atom is 0.171 e. The number of hydrogen-bond donors (Lipinski definition) is 1. The van der Waals surface area contributed by atoms with Gasteiger partial charge in [0.15, 0.2) is 11.5 Å². The van der Waals surface area contributed by atoms with E-state index in [1.54, 1.807) is 6.33 Å². The van der Waals surface area contributed by atoms with E-state index in [9.17, 15) is 0 Å². The smallest absolute Gasteiger partial charge is 0.171 e. The van der Waals surface area contributed by atoms with Crippen LogP contribution < -0.4 is 5.73 Å². The molecule has 1 aromatic carbocycles. The molecule has 2 aromatic heterocycles. The van der Waals surface area contributed by atoms with Gasteiger partial charge in [0.1, 0.15) is 6.33 Å². The molecule has 0 amide bonds. The third kappa shape index (κ3) is 1.52. The van der Waals surface area contributed by atoms with Crippen molar-refractivity contribution in [3.05, 3.63) is 41.9 Å². The molecule has 0 unspecified atom stereocenters. The van der Waals surface area contributed by atoms with Crippen LogP contribution in [0.15, 0.2) is 30.6 Å². The van der Waals surface area contributed by atoms with Crippen LogP contribution in [0.2, 0.25) is 0 Å². The van der Waals surface area contributed by atoms with Crippen molar-refractivity contribution in [3.63, 3.8) is 0 Å². The Bertz CT molecular complexity index is 729. The van der Waals surface area contributed by atoms with E-state index in [1.165, 1.54) is 0 Å². The molecule has 2 N–H and O–H groups in total. The maximum atomic E-state index is 6.09. The molecule has 5 heteroatoms. The summed E-state index contributed by atoms with van der Waals surface area (Å²) in [6, 6.07) is 7.77. The number of benzene rings is 1. The normalized spacial score (nSPS) is 11.0. The van der Waals surface area contributed by atoms with E-state index >= 15 is 0 Å². The molecule has 0 aliphatic rings. The zero-order valence-electron chi connectivity index (χ0n) is 10.3. The number of nitrogen functional groups attached to an aromatic ring is 1. The molecule has 3 rings (SSSR count). The maximum absolute atomic E-state index is 6.09. The minimum Gasteiger partial charge on any atom is -0.398 e. The van der Waals surface area contributed by atoms with Gasteiger partial charge in [-0.3, -0.25) is 4.40 Å². The highest BCUT2D eigenvalue weighted by Crippen LogP contribution is 2.26. The van der Waals surface area contributed by atoms with Crippen molar-refractivity contribution < 1.29 is 0 Å². The lowest BCUT2D eigenvalue weighted by Gasteiger charge is -2.06. The first kappa shape index (κ1) is 10.7. The van der Waals surface area contributed by atoms with Crippen LogP contribution in [0.1, 0.15) is 11.3 Å². The molecule has 3 aromatic rings. The third-order valence-corrected chi connectivity index (χ3v) is 3.00. The molecule has 90 valence electrons. The van der Waals surface area contributed by atoms with Crippen molar-refractivity contribution in [1.82, 2.24) is 19.6 Å². The molecular weight excluding hydrogens is 226 g/mol. The molecule has 0 saturated heterocycles. The van der Waals surface area contributed by atoms with E-state index in [0.717, 1.165) is 34.0 Å². The lowest BCUT2D eigenvalue weighted by atomic mass is 10.1. The fourth-order valence-electron chi connectivity index (χ4n) is 1.95. The van der Waals surface area contributed by atoms with Gasteiger partial charge < -0.3 is 5.73 Å². The number of aromatic nitrogens is 4. The molecule has 5 nitrogen and oxygen atoms in total. The molecule has 0 saturated carbocycles. The van der Waals surface area contributed by atoms with Gasteiger partial charge in [-0.25, -0.2) is 4.98 Å². The molecule has 2 heterocycles. The van der Waals surface area contributed by atoms with E-state index in [1.807, 2.05) is 42.5 Å². The highest BCUT2D eigenvalue weighted by molar-refractivity contribution is 5.75. The van der Waals surface area contributed by atoms with Crippen molar-refractivity contribution in [3.8, 4) is 11.4 Å². The van der Waals surface area contributed by atoms with E-state index in [2.05, 4.69) is 15.2 Å². The van der Waals surface area contributed by atoms with Gasteiger partial charge in [0.25, 0.3) is 0 Å². The van der Waals surface area contributed by atoms with E-state index < -0.39 is 0 Å². The fourth-order valence-corrected chi connectivity index (χ4v) is 1.95. The van der Waals surface area contributed by atoms with Gasteiger partial charge in [0, 0.05) is 23.0 Å². The highest BCUT2D eigenvalue weighted by Gasteiger charge is 2.12. The van der Waals surface area contributed by atoms with E-state index in [-0.39, 0.29) is 0 Å². The van der Waals surface area contributed by atoms with Crippen LogP contribution >= 0.6 is 0 Å². The molecule has 18 heavy (non-hydrogen) atoms. The van der Waals surface area contributed by atoms with Gasteiger partial charge >= 0.3 is 0 Å². The van der Waals surface area contributed by atoms with Gasteiger partial charge in [-0.15, -0.1) is 10.2 Å². The lowest BCUT2D eigenvalue weighted by molar-refractivity contribution is 1.05. The van der Waals surface area contributed by atoms with Gasteiger partial charge in [0.05, 0.1) is 0 Å². The van der Waals surface area contributed by atoms with Crippen molar-refractivity contribution >= 4 is 11.3 Å². The quantitative estimate of drug-likeness (QED) is 0.659. The summed E-state index contributed by atoms with van der Waals surface area (Å²) < 4.78 is 1.85. The molecule has 0 aliphatic carbocycles. The number of aryl methyl sites for hydroxylation is 2. The first-order chi connectivity index (χ1) is 8.66. The minimum absolute atomic E-state index is 0.721. The predicted octanol–water partition coefficient (Wildman–Crippen LogP) is 1.99. The molecule has 0 fully saturated rings. The number of hydrogen-bond acceptors (Lipinski definition) is 4. The van der Waals surface area contributed by atoms with E-state index in [4.69, 9.17) is 5.73 Å². The Morgan fingerprint density at radius 1 is 1.17 bits per heavy atom. The Kier molecular flexibility index (Phi) is 2.26. The van der Waals surface area contributed by atoms with Crippen molar-refractivity contribution in [1.29, 1.82) is 0 Å². The SMILES string of the molecule is Cc1cc2nnc(-c3cccc(C)c3N)n2cn1. The van der Waals surface area contributed by atoms with Crippen LogP contribution in [-0.2, 0) is 0 Å². The summed E-state index contributed by atoms with van der Waals surface area (Å²) in [5.74, 6) is 0.721. The Balaban J connectivity index is 2.29. The topological polar surface area (TPSA) is 69.1 Å². The van der Waals surface area contributed by atoms with Crippen molar-refractivity contribution in [2.24, 2.45) is 0 Å². The fraction of sp³-hybridized carbons (Fsp3) is 0.154. The summed E-state index contributed by atoms with van der Waals surface area (Å²) in [6.07, 6.45) is 1.72. The molecule has 0 atom stereocenters. The number of para-hydroxylation sites is 1. The predicted molar refractivity (Wildman–Crippen MR) is 70.1 cm³/mol. The summed E-state index contributed by atoms with van der Waals surface area (Å²) >= 11 is 0. The first-order valence-corrected chi connectivity index (χ1v) is 5.69. The van der Waals surface area contributed by atoms with Crippen LogP contribution in [0.4, 0.5) is 5.69 Å². The van der Waals surface area contributed by atoms with Crippen molar-refractivity contribution in [2.45, 2.75) is 13.8 Å². The monoisotopic (exact) mass is 239 g/mol. The second kappa shape index (κ2) is 3.80. The highest BCUT2D eigenvalue weighted by atomic mass is 15.3. The second-order valence-electron chi connectivity index (χ2n) is 4.32. The Labute approximate surface area is 104 Å². The zero-order chi connectivity index (χ0) is 12.7. The summed E-state index contributed by atoms with van der Waals surface area (Å²) in [7, 11) is 0. The van der Waals surface area contributed by atoms with Crippen LogP contribution in [0, 0.1) is 13.8 Å². The van der Waals surface area contributed by atoms with Crippen LogP contribution in [0.25, 0.3) is 17.0 Å². The Hall–Kier alpha value is -2.43. The lowest BCUT2D eigenvalue weighted by Crippen LogP contribution is -1.97. The Morgan fingerprint density at radius 2 is 2.00 bits per heavy atom. The number of nitrogens with two attached hydrogens (primary N) is 1. The number of rotatable bonds is 1. The summed E-state index contributed by atoms with van der Waals surface area (Å²) in [5.41, 5.74) is 10.4. The standard InChI is InChI=1S/C13H13N5/c1-8-4-3-5-10(12(8)14)13-17-16-11-6-9(2)15-7-18(11)13/h3-7H,14H2,1-2H3. The molecule has 0 aliphatic heterocycles. The number of fused-ring (bicyclic) bond motifs is 1. The van der Waals surface area contributed by atoms with Gasteiger partial charge in [-0.05, 0) is 25.5 Å². The second-order valence-corrected chi connectivity index (χ2v) is 4.32. The average Bonchev–Trinajstić information content (AvgIpc) is 2.75. The minimum atomic E-state index is 0.721. The molecule has 0 bridgehead atoms. The summed E-state index contributed by atoms with van der Waals surface area (Å²) in [4.78, 5) is 4.26. The van der Waals surface area contributed by atoms with Crippen LogP contribution in [0.3, 0.4) is 0 Å². The van der Waals surface area contributed by atoms with Gasteiger partial charge in [-0.2, -0.15) is 0 Å². The largest absolute Gasteiger partial charge is 0.398 e. The van der Waals surface area contributed by atoms with Gasteiger partial charge in [0.2, 0.25) is 0 Å². The summed E-state index contributed by atoms with van der Waals surface area (Å²) in [5, 5.41) is 8.35. The summed E-state index contributed by atoms with van der Waals surface area (Å²) in [6.45, 7) is 3.90. The van der Waals surface area contributed by atoms with Crippen LogP contribution in [0.5, 0.6) is 0 Å². The van der Waals surface area contributed by atoms with Crippen LogP contribution in [-0.4, -0.2) is 19.6 Å². The molecule has 0 radical (unpaired) electrons. The molecule has 0 spiro atoms. The third-order valence-electron chi connectivity index (χ3n) is 3.00. The number of nitrogens with zero attached hydrogens (tertiary/aromatic N) is 4. The first-order valence-electron chi connectivity index (χ1n) is 5.69. The van der Waals surface area contributed by atoms with Gasteiger partial charge in [-0.1, -0.05) is 12.1 Å². The molecular formula is C13H13N5. The van der Waals surface area contributed by atoms with Crippen molar-refractivity contribution in [2.75, 3.05) is 5.73 Å². The number of anilines is 1. The zero-order valence-corrected chi connectivity index (χ0v) is 10.3. The average molecular weight is 239 g/mol. The Morgan fingerprint density at radius 3 is 2.83 bits per heavy atom.